The van der Waals surface area contributed by atoms with Crippen molar-refractivity contribution in [3.8, 4) is 5.75 Å². The Kier molecular flexibility index (Phi) is 4.27. The van der Waals surface area contributed by atoms with Crippen LogP contribution in [0, 0.1) is 0 Å². The second-order valence-corrected chi connectivity index (χ2v) is 6.31. The van der Waals surface area contributed by atoms with Gasteiger partial charge in [0.1, 0.15) is 12.0 Å². The molecular formula is C13H13F3O4S. The van der Waals surface area contributed by atoms with Crippen LogP contribution in [-0.4, -0.2) is 20.2 Å². The minimum absolute atomic E-state index is 0.338. The molecule has 0 aromatic heterocycles. The number of alkyl halides is 3. The number of halogens is 3. The molecule has 8 heteroatoms. The monoisotopic (exact) mass is 322 g/mol. The van der Waals surface area contributed by atoms with Gasteiger partial charge in [-0.25, -0.2) is 0 Å². The lowest BCUT2D eigenvalue weighted by Gasteiger charge is -2.16. The van der Waals surface area contributed by atoms with Crippen LogP contribution in [0.5, 0.6) is 5.75 Å². The van der Waals surface area contributed by atoms with Crippen LogP contribution in [0.15, 0.2) is 12.1 Å². The maximum absolute atomic E-state index is 12.4. The predicted molar refractivity (Wildman–Crippen MR) is 68.7 cm³/mol. The second-order valence-electron chi connectivity index (χ2n) is 4.77. The van der Waals surface area contributed by atoms with Gasteiger partial charge in [-0.1, -0.05) is 6.42 Å². The van der Waals surface area contributed by atoms with E-state index >= 15 is 0 Å². The van der Waals surface area contributed by atoms with Gasteiger partial charge in [0.25, 0.3) is 0 Å². The number of fused-ring (bicyclic) bond motifs is 1. The zero-order valence-electron chi connectivity index (χ0n) is 10.9. The van der Waals surface area contributed by atoms with Crippen molar-refractivity contribution in [3.63, 3.8) is 0 Å². The highest BCUT2D eigenvalue weighted by Gasteiger charge is 2.48. The van der Waals surface area contributed by atoms with Crippen molar-refractivity contribution < 1.29 is 30.6 Å². The second kappa shape index (κ2) is 5.67. The van der Waals surface area contributed by atoms with Crippen molar-refractivity contribution in [1.29, 1.82) is 0 Å². The summed E-state index contributed by atoms with van der Waals surface area (Å²) in [6, 6.07) is 2.40. The molecule has 1 aromatic carbocycles. The maximum Gasteiger partial charge on any atom is 0.534 e. The van der Waals surface area contributed by atoms with Gasteiger partial charge in [-0.15, -0.1) is 0 Å². The van der Waals surface area contributed by atoms with Gasteiger partial charge >= 0.3 is 15.6 Å². The molecule has 1 aromatic rings. The fourth-order valence-electron chi connectivity index (χ4n) is 2.39. The van der Waals surface area contributed by atoms with E-state index in [-0.39, 0.29) is 5.75 Å². The topological polar surface area (TPSA) is 60.4 Å². The first-order chi connectivity index (χ1) is 9.76. The predicted octanol–water partition coefficient (Wildman–Crippen LogP) is 3.00. The molecule has 0 fully saturated rings. The molecule has 1 aliphatic carbocycles. The van der Waals surface area contributed by atoms with E-state index in [1.165, 1.54) is 6.07 Å². The van der Waals surface area contributed by atoms with Crippen LogP contribution in [0.4, 0.5) is 13.2 Å². The zero-order chi connectivity index (χ0) is 15.7. The number of carbonyl (C=O) groups is 1. The van der Waals surface area contributed by atoms with E-state index in [1.807, 2.05) is 0 Å². The third kappa shape index (κ3) is 3.20. The average Bonchev–Trinajstić information content (AvgIpc) is 2.63. The molecule has 0 unspecified atom stereocenters. The highest BCUT2D eigenvalue weighted by atomic mass is 32.2. The SMILES string of the molecule is O=Cc1ccc(OS(=O)(=O)C(F)(F)F)c2c1CCCCC2. The smallest absolute Gasteiger partial charge is 0.376 e. The first kappa shape index (κ1) is 15.8. The molecule has 0 saturated carbocycles. The Morgan fingerprint density at radius 2 is 1.67 bits per heavy atom. The van der Waals surface area contributed by atoms with Crippen molar-refractivity contribution >= 4 is 16.4 Å². The lowest BCUT2D eigenvalue weighted by Crippen LogP contribution is -2.28. The van der Waals surface area contributed by atoms with Gasteiger partial charge in [0.2, 0.25) is 0 Å². The first-order valence-electron chi connectivity index (χ1n) is 6.37. The molecule has 21 heavy (non-hydrogen) atoms. The standard InChI is InChI=1S/C13H13F3O4S/c14-13(15,16)21(18,19)20-12-7-6-9(8-17)10-4-2-1-3-5-11(10)12/h6-8H,1-5H2. The van der Waals surface area contributed by atoms with Crippen LogP contribution in [-0.2, 0) is 23.0 Å². The summed E-state index contributed by atoms with van der Waals surface area (Å²) in [6.07, 6.45) is 3.89. The van der Waals surface area contributed by atoms with Crippen LogP contribution in [0.25, 0.3) is 0 Å². The van der Waals surface area contributed by atoms with Gasteiger partial charge in [0, 0.05) is 5.56 Å². The lowest BCUT2D eigenvalue weighted by molar-refractivity contribution is -0.0500. The van der Waals surface area contributed by atoms with E-state index in [9.17, 15) is 26.4 Å². The van der Waals surface area contributed by atoms with E-state index < -0.39 is 15.6 Å². The van der Waals surface area contributed by atoms with Crippen molar-refractivity contribution in [1.82, 2.24) is 0 Å². The van der Waals surface area contributed by atoms with Gasteiger partial charge < -0.3 is 4.18 Å². The molecule has 4 nitrogen and oxygen atoms in total. The summed E-state index contributed by atoms with van der Waals surface area (Å²) < 4.78 is 63.7. The highest BCUT2D eigenvalue weighted by molar-refractivity contribution is 7.88. The normalized spacial score (nSPS) is 16.0. The molecule has 0 amide bonds. The highest BCUT2D eigenvalue weighted by Crippen LogP contribution is 2.34. The Morgan fingerprint density at radius 3 is 2.24 bits per heavy atom. The zero-order valence-corrected chi connectivity index (χ0v) is 11.8. The van der Waals surface area contributed by atoms with Gasteiger partial charge in [0.15, 0.2) is 0 Å². The molecule has 0 saturated heterocycles. The number of hydrogen-bond donors (Lipinski definition) is 0. The summed E-state index contributed by atoms with van der Waals surface area (Å²) in [7, 11) is -5.70. The Bertz CT molecular complexity index is 650. The number of benzene rings is 1. The van der Waals surface area contributed by atoms with Crippen LogP contribution in [0.3, 0.4) is 0 Å². The largest absolute Gasteiger partial charge is 0.534 e. The van der Waals surface area contributed by atoms with Gasteiger partial charge in [-0.2, -0.15) is 21.6 Å². The van der Waals surface area contributed by atoms with E-state index in [2.05, 4.69) is 4.18 Å². The summed E-state index contributed by atoms with van der Waals surface area (Å²) >= 11 is 0. The number of rotatable bonds is 3. The Hall–Kier alpha value is -1.57. The quantitative estimate of drug-likeness (QED) is 0.371. The summed E-state index contributed by atoms with van der Waals surface area (Å²) in [4.78, 5) is 11.0. The van der Waals surface area contributed by atoms with Crippen molar-refractivity contribution in [2.24, 2.45) is 0 Å². The van der Waals surface area contributed by atoms with E-state index in [1.54, 1.807) is 0 Å². The molecule has 0 N–H and O–H groups in total. The molecule has 0 atom stereocenters. The van der Waals surface area contributed by atoms with Crippen LogP contribution >= 0.6 is 0 Å². The molecule has 0 aliphatic heterocycles. The fraction of sp³-hybridized carbons (Fsp3) is 0.462. The van der Waals surface area contributed by atoms with Crippen LogP contribution < -0.4 is 4.18 Å². The third-order valence-corrected chi connectivity index (χ3v) is 4.35. The molecule has 0 radical (unpaired) electrons. The molecule has 0 spiro atoms. The molecular weight excluding hydrogens is 309 g/mol. The third-order valence-electron chi connectivity index (χ3n) is 3.39. The molecule has 2 rings (SSSR count). The summed E-state index contributed by atoms with van der Waals surface area (Å²) in [6.45, 7) is 0. The molecule has 116 valence electrons. The Balaban J connectivity index is 2.49. The van der Waals surface area contributed by atoms with E-state index in [4.69, 9.17) is 0 Å². The van der Waals surface area contributed by atoms with Gasteiger partial charge in [-0.05, 0) is 48.9 Å². The van der Waals surface area contributed by atoms with Crippen molar-refractivity contribution in [2.45, 2.75) is 37.6 Å². The van der Waals surface area contributed by atoms with Crippen LogP contribution in [0.2, 0.25) is 0 Å². The van der Waals surface area contributed by atoms with Gasteiger partial charge in [-0.3, -0.25) is 4.79 Å². The number of carbonyl (C=O) groups excluding carboxylic acids is 1. The minimum atomic E-state index is -5.70. The van der Waals surface area contributed by atoms with E-state index in [0.29, 0.717) is 42.2 Å². The summed E-state index contributed by atoms with van der Waals surface area (Å²) in [5.41, 5.74) is -4.15. The maximum atomic E-state index is 12.4. The first-order valence-corrected chi connectivity index (χ1v) is 7.78. The minimum Gasteiger partial charge on any atom is -0.376 e. The molecule has 0 bridgehead atoms. The van der Waals surface area contributed by atoms with Crippen molar-refractivity contribution in [3.05, 3.63) is 28.8 Å². The fourth-order valence-corrected chi connectivity index (χ4v) is 2.88. The Morgan fingerprint density at radius 1 is 1.05 bits per heavy atom. The number of aldehydes is 1. The van der Waals surface area contributed by atoms with Gasteiger partial charge in [0.05, 0.1) is 0 Å². The molecule has 0 heterocycles. The average molecular weight is 322 g/mol. The summed E-state index contributed by atoms with van der Waals surface area (Å²) in [5.74, 6) is -0.338. The van der Waals surface area contributed by atoms with Crippen molar-refractivity contribution in [2.75, 3.05) is 0 Å². The molecule has 1 aliphatic rings. The lowest BCUT2D eigenvalue weighted by atomic mass is 9.97. The summed E-state index contributed by atoms with van der Waals surface area (Å²) in [5, 5.41) is 0. The van der Waals surface area contributed by atoms with E-state index in [0.717, 1.165) is 18.9 Å². The number of hydrogen-bond acceptors (Lipinski definition) is 4. The Labute approximate surface area is 120 Å². The van der Waals surface area contributed by atoms with Crippen LogP contribution in [0.1, 0.15) is 40.7 Å².